The Hall–Kier alpha value is -0.880. The molecule has 0 saturated heterocycles. The van der Waals surface area contributed by atoms with Crippen molar-refractivity contribution in [3.8, 4) is 11.8 Å². The number of halogens is 2. The van der Waals surface area contributed by atoms with Crippen molar-refractivity contribution in [2.45, 2.75) is 83.8 Å². The predicted molar refractivity (Wildman–Crippen MR) is 90.1 cm³/mol. The van der Waals surface area contributed by atoms with Gasteiger partial charge in [0.1, 0.15) is 0 Å². The molecule has 0 bridgehead atoms. The van der Waals surface area contributed by atoms with Crippen LogP contribution in [0.1, 0.15) is 71.1 Å². The van der Waals surface area contributed by atoms with E-state index >= 15 is 0 Å². The van der Waals surface area contributed by atoms with Crippen LogP contribution in [-0.2, 0) is 4.74 Å². The van der Waals surface area contributed by atoms with Crippen molar-refractivity contribution in [1.29, 1.82) is 0 Å². The molecule has 2 fully saturated rings. The van der Waals surface area contributed by atoms with Crippen LogP contribution in [0.3, 0.4) is 0 Å². The van der Waals surface area contributed by atoms with Gasteiger partial charge >= 0.3 is 6.61 Å². The number of hydrogen-bond acceptors (Lipinski definition) is 1. The topological polar surface area (TPSA) is 9.23 Å². The first kappa shape index (κ1) is 18.5. The average Bonchev–Trinajstić information content (AvgIpc) is 2.54. The largest absolute Gasteiger partial charge is 0.345 e. The number of hydrogen-bond donors (Lipinski definition) is 0. The molecule has 0 radical (unpaired) electrons. The highest BCUT2D eigenvalue weighted by atomic mass is 19.3. The van der Waals surface area contributed by atoms with Crippen LogP contribution in [0.25, 0.3) is 0 Å². The highest BCUT2D eigenvalue weighted by Gasteiger charge is 2.23. The Morgan fingerprint density at radius 3 is 2.35 bits per heavy atom. The molecule has 2 aliphatic carbocycles. The molecular formula is C20H30F2O. The molecule has 0 aromatic carbocycles. The van der Waals surface area contributed by atoms with Crippen molar-refractivity contribution in [2.75, 3.05) is 0 Å². The van der Waals surface area contributed by atoms with Gasteiger partial charge in [0.2, 0.25) is 0 Å². The minimum Gasteiger partial charge on any atom is -0.320 e. The molecule has 0 unspecified atom stereocenters. The Labute approximate surface area is 139 Å². The van der Waals surface area contributed by atoms with Crippen LogP contribution >= 0.6 is 0 Å². The molecule has 130 valence electrons. The summed E-state index contributed by atoms with van der Waals surface area (Å²) >= 11 is 0. The number of allylic oxidation sites excluding steroid dienone is 2. The lowest BCUT2D eigenvalue weighted by Crippen LogP contribution is -2.23. The van der Waals surface area contributed by atoms with Crippen LogP contribution in [-0.4, -0.2) is 12.7 Å². The van der Waals surface area contributed by atoms with E-state index in [1.54, 1.807) is 0 Å². The van der Waals surface area contributed by atoms with Crippen molar-refractivity contribution >= 4 is 0 Å². The molecule has 0 aliphatic heterocycles. The molecule has 0 atom stereocenters. The summed E-state index contributed by atoms with van der Waals surface area (Å²) in [5, 5.41) is 0. The third-order valence-electron chi connectivity index (χ3n) is 5.30. The van der Waals surface area contributed by atoms with Gasteiger partial charge in [-0.15, -0.1) is 0 Å². The van der Waals surface area contributed by atoms with Crippen molar-refractivity contribution < 1.29 is 13.5 Å². The minimum absolute atomic E-state index is 0.276. The first-order valence-electron chi connectivity index (χ1n) is 9.28. The summed E-state index contributed by atoms with van der Waals surface area (Å²) in [5.41, 5.74) is 0. The SMILES string of the molecule is CCC[C@H]1CC[C@H](/C=C/C#C[C@H]2CC[C@H](OC(F)F)CC2)CC1. The molecule has 0 aromatic heterocycles. The highest BCUT2D eigenvalue weighted by molar-refractivity contribution is 5.18. The van der Waals surface area contributed by atoms with Gasteiger partial charge in [-0.1, -0.05) is 37.7 Å². The molecule has 0 aromatic rings. The lowest BCUT2D eigenvalue weighted by atomic mass is 9.80. The Kier molecular flexibility index (Phi) is 8.09. The summed E-state index contributed by atoms with van der Waals surface area (Å²) in [5.74, 6) is 8.45. The zero-order valence-corrected chi connectivity index (χ0v) is 14.3. The van der Waals surface area contributed by atoms with Crippen LogP contribution in [0.5, 0.6) is 0 Å². The van der Waals surface area contributed by atoms with Crippen molar-refractivity contribution in [2.24, 2.45) is 17.8 Å². The third kappa shape index (κ3) is 7.04. The first-order chi connectivity index (χ1) is 11.2. The standard InChI is InChI=1S/C20H30F2O/c1-2-5-16-8-10-17(11-9-16)6-3-4-7-18-12-14-19(15-13-18)23-20(21)22/h3,6,16-20H,2,5,8-15H2,1H3/b6-3+/t16-,17-,18-,19-. The van der Waals surface area contributed by atoms with Gasteiger partial charge in [0.15, 0.2) is 0 Å². The van der Waals surface area contributed by atoms with E-state index in [1.807, 2.05) is 6.08 Å². The van der Waals surface area contributed by atoms with E-state index < -0.39 is 6.61 Å². The summed E-state index contributed by atoms with van der Waals surface area (Å²) in [6.07, 6.45) is 15.2. The second kappa shape index (κ2) is 10.1. The van der Waals surface area contributed by atoms with Gasteiger partial charge < -0.3 is 4.74 Å². The highest BCUT2D eigenvalue weighted by Crippen LogP contribution is 2.32. The van der Waals surface area contributed by atoms with Crippen LogP contribution in [0.4, 0.5) is 8.78 Å². The summed E-state index contributed by atoms with van der Waals surface area (Å²) in [4.78, 5) is 0. The third-order valence-corrected chi connectivity index (χ3v) is 5.30. The fraction of sp³-hybridized carbons (Fsp3) is 0.800. The molecule has 2 rings (SSSR count). The second-order valence-electron chi connectivity index (χ2n) is 7.09. The second-order valence-corrected chi connectivity index (χ2v) is 7.09. The molecular weight excluding hydrogens is 294 g/mol. The Bertz CT molecular complexity index is 405. The quantitative estimate of drug-likeness (QED) is 0.568. The van der Waals surface area contributed by atoms with Crippen LogP contribution in [0, 0.1) is 29.6 Å². The number of ether oxygens (including phenoxy) is 1. The van der Waals surface area contributed by atoms with E-state index in [-0.39, 0.29) is 6.10 Å². The molecule has 0 amide bonds. The van der Waals surface area contributed by atoms with Gasteiger partial charge in [0.25, 0.3) is 0 Å². The van der Waals surface area contributed by atoms with Crippen molar-refractivity contribution in [3.05, 3.63) is 12.2 Å². The Morgan fingerprint density at radius 1 is 1.04 bits per heavy atom. The molecule has 2 aliphatic rings. The van der Waals surface area contributed by atoms with E-state index in [4.69, 9.17) is 0 Å². The minimum atomic E-state index is -2.64. The number of alkyl halides is 2. The van der Waals surface area contributed by atoms with Crippen molar-refractivity contribution in [1.82, 2.24) is 0 Å². The average molecular weight is 324 g/mol. The van der Waals surface area contributed by atoms with Gasteiger partial charge in [-0.05, 0) is 69.3 Å². The van der Waals surface area contributed by atoms with Crippen molar-refractivity contribution in [3.63, 3.8) is 0 Å². The first-order valence-corrected chi connectivity index (χ1v) is 9.28. The van der Waals surface area contributed by atoms with Crippen LogP contribution in [0.2, 0.25) is 0 Å². The molecule has 0 spiro atoms. The van der Waals surface area contributed by atoms with E-state index in [2.05, 4.69) is 29.6 Å². The maximum Gasteiger partial charge on any atom is 0.345 e. The van der Waals surface area contributed by atoms with Gasteiger partial charge in [0.05, 0.1) is 6.10 Å². The number of rotatable bonds is 5. The maximum absolute atomic E-state index is 12.1. The van der Waals surface area contributed by atoms with Gasteiger partial charge in [-0.2, -0.15) is 8.78 Å². The summed E-state index contributed by atoms with van der Waals surface area (Å²) in [6.45, 7) is -0.368. The maximum atomic E-state index is 12.1. The fourth-order valence-corrected chi connectivity index (χ4v) is 3.92. The molecule has 2 saturated carbocycles. The fourth-order valence-electron chi connectivity index (χ4n) is 3.92. The molecule has 0 N–H and O–H groups in total. The van der Waals surface area contributed by atoms with E-state index in [0.29, 0.717) is 24.7 Å². The summed E-state index contributed by atoms with van der Waals surface area (Å²) in [7, 11) is 0. The van der Waals surface area contributed by atoms with Gasteiger partial charge in [0, 0.05) is 5.92 Å². The smallest absolute Gasteiger partial charge is 0.320 e. The Morgan fingerprint density at radius 2 is 1.74 bits per heavy atom. The molecule has 1 nitrogen and oxygen atoms in total. The zero-order chi connectivity index (χ0) is 16.5. The van der Waals surface area contributed by atoms with E-state index in [0.717, 1.165) is 18.8 Å². The lowest BCUT2D eigenvalue weighted by molar-refractivity contribution is -0.170. The molecule has 23 heavy (non-hydrogen) atoms. The monoisotopic (exact) mass is 324 g/mol. The van der Waals surface area contributed by atoms with Gasteiger partial charge in [-0.3, -0.25) is 0 Å². The molecule has 3 heteroatoms. The predicted octanol–water partition coefficient (Wildman–Crippen LogP) is 5.95. The van der Waals surface area contributed by atoms with E-state index in [9.17, 15) is 8.78 Å². The lowest BCUT2D eigenvalue weighted by Gasteiger charge is -2.26. The van der Waals surface area contributed by atoms with Gasteiger partial charge in [-0.25, -0.2) is 0 Å². The Balaban J connectivity index is 1.64. The van der Waals surface area contributed by atoms with E-state index in [1.165, 1.54) is 38.5 Å². The van der Waals surface area contributed by atoms with Crippen LogP contribution < -0.4 is 0 Å². The summed E-state index contributed by atoms with van der Waals surface area (Å²) < 4.78 is 28.9. The normalized spacial score (nSPS) is 32.0. The van der Waals surface area contributed by atoms with Crippen LogP contribution in [0.15, 0.2) is 12.2 Å². The molecule has 0 heterocycles. The summed E-state index contributed by atoms with van der Waals surface area (Å²) in [6, 6.07) is 0. The zero-order valence-electron chi connectivity index (χ0n) is 14.3.